The summed E-state index contributed by atoms with van der Waals surface area (Å²) in [7, 11) is -2.16. The normalized spacial score (nSPS) is 20.9. The summed E-state index contributed by atoms with van der Waals surface area (Å²) < 4.78 is 24.2. The Kier molecular flexibility index (Phi) is 6.89. The third-order valence-electron chi connectivity index (χ3n) is 2.29. The van der Waals surface area contributed by atoms with Crippen molar-refractivity contribution < 1.29 is 13.2 Å². The minimum absolute atomic E-state index is 0. The summed E-state index contributed by atoms with van der Waals surface area (Å²) in [5.41, 5.74) is 0. The highest BCUT2D eigenvalue weighted by Crippen LogP contribution is 2.00. The molecule has 3 N–H and O–H groups in total. The van der Waals surface area contributed by atoms with Gasteiger partial charge in [0.1, 0.15) is 5.75 Å². The van der Waals surface area contributed by atoms with Crippen molar-refractivity contribution in [3.63, 3.8) is 0 Å². The molecule has 1 heterocycles. The Bertz CT molecular complexity index is 314. The third kappa shape index (κ3) is 5.64. The number of halogens is 1. The maximum Gasteiger partial charge on any atom is 0.236 e. The van der Waals surface area contributed by atoms with Crippen LogP contribution in [0.4, 0.5) is 0 Å². The number of rotatable bonds is 4. The Morgan fingerprint density at radius 2 is 2.19 bits per heavy atom. The number of hydrogen-bond acceptors (Lipinski definition) is 4. The zero-order chi connectivity index (χ0) is 11.3. The number of nitrogens with one attached hydrogen (secondary N) is 3. The minimum atomic E-state index is -3.45. The molecule has 0 saturated carbocycles. The molecule has 1 atom stereocenters. The van der Waals surface area contributed by atoms with Crippen LogP contribution in [0.1, 0.15) is 12.8 Å². The number of carbonyl (C=O) groups is 1. The van der Waals surface area contributed by atoms with E-state index in [0.717, 1.165) is 19.4 Å². The molecular formula is C8H18ClN3O3S. The molecule has 0 unspecified atom stereocenters. The topological polar surface area (TPSA) is 87.3 Å². The first-order valence-electron chi connectivity index (χ1n) is 4.95. The summed E-state index contributed by atoms with van der Waals surface area (Å²) >= 11 is 0. The van der Waals surface area contributed by atoms with E-state index in [2.05, 4.69) is 15.4 Å². The zero-order valence-electron chi connectivity index (χ0n) is 9.15. The first-order chi connectivity index (χ1) is 7.03. The molecule has 1 aliphatic heterocycles. The Labute approximate surface area is 102 Å². The molecule has 1 saturated heterocycles. The summed E-state index contributed by atoms with van der Waals surface area (Å²) in [5.74, 6) is -0.946. The predicted molar refractivity (Wildman–Crippen MR) is 64.1 cm³/mol. The van der Waals surface area contributed by atoms with E-state index in [9.17, 15) is 13.2 Å². The number of sulfonamides is 1. The second-order valence-electron chi connectivity index (χ2n) is 3.57. The van der Waals surface area contributed by atoms with Crippen molar-refractivity contribution in [2.75, 3.05) is 25.9 Å². The standard InChI is InChI=1S/C8H17N3O3S.ClH/c1-9-15(13,14)6-8(12)11-7-3-2-4-10-5-7;/h7,9-10H,2-6H2,1H3,(H,11,12);1H/t7-;/m1./s1. The van der Waals surface area contributed by atoms with Crippen molar-refractivity contribution in [2.45, 2.75) is 18.9 Å². The van der Waals surface area contributed by atoms with Gasteiger partial charge in [-0.3, -0.25) is 4.79 Å². The lowest BCUT2D eigenvalue weighted by Crippen LogP contribution is -2.47. The quantitative estimate of drug-likeness (QED) is 0.601. The van der Waals surface area contributed by atoms with Gasteiger partial charge < -0.3 is 10.6 Å². The molecule has 96 valence electrons. The smallest absolute Gasteiger partial charge is 0.236 e. The Balaban J connectivity index is 0.00000225. The van der Waals surface area contributed by atoms with Crippen LogP contribution in [0.15, 0.2) is 0 Å². The molecule has 1 amide bonds. The first-order valence-corrected chi connectivity index (χ1v) is 6.60. The summed E-state index contributed by atoms with van der Waals surface area (Å²) in [6.45, 7) is 1.67. The monoisotopic (exact) mass is 271 g/mol. The summed E-state index contributed by atoms with van der Waals surface area (Å²) in [6, 6.07) is 0.0540. The number of amides is 1. The van der Waals surface area contributed by atoms with Gasteiger partial charge in [-0.05, 0) is 26.4 Å². The van der Waals surface area contributed by atoms with E-state index in [-0.39, 0.29) is 18.4 Å². The van der Waals surface area contributed by atoms with Crippen LogP contribution in [-0.2, 0) is 14.8 Å². The molecule has 1 aliphatic rings. The second-order valence-corrected chi connectivity index (χ2v) is 5.50. The SMILES string of the molecule is CNS(=O)(=O)CC(=O)N[C@@H]1CCCNC1.Cl. The van der Waals surface area contributed by atoms with Gasteiger partial charge in [-0.25, -0.2) is 13.1 Å². The van der Waals surface area contributed by atoms with E-state index in [0.29, 0.717) is 6.54 Å². The Hall–Kier alpha value is -0.370. The Morgan fingerprint density at radius 3 is 2.69 bits per heavy atom. The molecule has 0 spiro atoms. The molecule has 0 aromatic heterocycles. The third-order valence-corrected chi connectivity index (χ3v) is 3.56. The van der Waals surface area contributed by atoms with Crippen molar-refractivity contribution in [3.8, 4) is 0 Å². The first kappa shape index (κ1) is 15.6. The highest BCUT2D eigenvalue weighted by atomic mass is 35.5. The molecule has 0 aromatic carbocycles. The second kappa shape index (κ2) is 7.05. The van der Waals surface area contributed by atoms with E-state index in [4.69, 9.17) is 0 Å². The van der Waals surface area contributed by atoms with Crippen molar-refractivity contribution in [3.05, 3.63) is 0 Å². The van der Waals surface area contributed by atoms with Crippen LogP contribution < -0.4 is 15.4 Å². The molecule has 6 nitrogen and oxygen atoms in total. The number of carbonyl (C=O) groups excluding carboxylic acids is 1. The lowest BCUT2D eigenvalue weighted by molar-refractivity contribution is -0.119. The fourth-order valence-electron chi connectivity index (χ4n) is 1.49. The van der Waals surface area contributed by atoms with E-state index in [1.165, 1.54) is 7.05 Å². The minimum Gasteiger partial charge on any atom is -0.351 e. The maximum atomic E-state index is 11.3. The Morgan fingerprint density at radius 1 is 1.50 bits per heavy atom. The van der Waals surface area contributed by atoms with Crippen LogP contribution >= 0.6 is 12.4 Å². The van der Waals surface area contributed by atoms with E-state index >= 15 is 0 Å². The van der Waals surface area contributed by atoms with E-state index < -0.39 is 21.7 Å². The molecule has 8 heteroatoms. The van der Waals surface area contributed by atoms with Gasteiger partial charge in [0.05, 0.1) is 0 Å². The molecule has 16 heavy (non-hydrogen) atoms. The van der Waals surface area contributed by atoms with Gasteiger partial charge in [0.25, 0.3) is 0 Å². The van der Waals surface area contributed by atoms with E-state index in [1.54, 1.807) is 0 Å². The maximum absolute atomic E-state index is 11.3. The molecular weight excluding hydrogens is 254 g/mol. The van der Waals surface area contributed by atoms with Crippen LogP contribution in [0, 0.1) is 0 Å². The summed E-state index contributed by atoms with van der Waals surface area (Å²) in [5, 5.41) is 5.83. The molecule has 0 bridgehead atoms. The highest BCUT2D eigenvalue weighted by molar-refractivity contribution is 7.90. The molecule has 1 fully saturated rings. The van der Waals surface area contributed by atoms with Crippen molar-refractivity contribution >= 4 is 28.3 Å². The average Bonchev–Trinajstić information content (AvgIpc) is 2.18. The average molecular weight is 272 g/mol. The fourth-order valence-corrected chi connectivity index (χ4v) is 2.06. The van der Waals surface area contributed by atoms with Crippen LogP contribution in [0.3, 0.4) is 0 Å². The predicted octanol–water partition coefficient (Wildman–Crippen LogP) is -1.17. The van der Waals surface area contributed by atoms with Gasteiger partial charge in [-0.2, -0.15) is 0 Å². The zero-order valence-corrected chi connectivity index (χ0v) is 10.8. The molecule has 1 rings (SSSR count). The van der Waals surface area contributed by atoms with Gasteiger partial charge >= 0.3 is 0 Å². The van der Waals surface area contributed by atoms with Gasteiger partial charge in [0.2, 0.25) is 15.9 Å². The van der Waals surface area contributed by atoms with Gasteiger partial charge in [0, 0.05) is 12.6 Å². The van der Waals surface area contributed by atoms with Crippen molar-refractivity contribution in [2.24, 2.45) is 0 Å². The van der Waals surface area contributed by atoms with Gasteiger partial charge in [0.15, 0.2) is 0 Å². The van der Waals surface area contributed by atoms with Crippen LogP contribution in [0.2, 0.25) is 0 Å². The summed E-state index contributed by atoms with van der Waals surface area (Å²) in [6.07, 6.45) is 1.90. The number of hydrogen-bond donors (Lipinski definition) is 3. The van der Waals surface area contributed by atoms with Crippen LogP contribution in [0.5, 0.6) is 0 Å². The molecule has 0 aromatic rings. The molecule has 0 radical (unpaired) electrons. The van der Waals surface area contributed by atoms with Gasteiger partial charge in [-0.1, -0.05) is 0 Å². The van der Waals surface area contributed by atoms with Crippen LogP contribution in [0.25, 0.3) is 0 Å². The summed E-state index contributed by atoms with van der Waals surface area (Å²) in [4.78, 5) is 11.3. The van der Waals surface area contributed by atoms with Crippen molar-refractivity contribution in [1.82, 2.24) is 15.4 Å². The highest BCUT2D eigenvalue weighted by Gasteiger charge is 2.19. The number of piperidine rings is 1. The van der Waals surface area contributed by atoms with E-state index in [1.807, 2.05) is 0 Å². The largest absolute Gasteiger partial charge is 0.351 e. The lowest BCUT2D eigenvalue weighted by Gasteiger charge is -2.23. The molecule has 0 aliphatic carbocycles. The van der Waals surface area contributed by atoms with Crippen molar-refractivity contribution in [1.29, 1.82) is 0 Å². The fraction of sp³-hybridized carbons (Fsp3) is 0.875. The van der Waals surface area contributed by atoms with Crippen LogP contribution in [-0.4, -0.2) is 46.3 Å². The lowest BCUT2D eigenvalue weighted by atomic mass is 10.1. The van der Waals surface area contributed by atoms with Gasteiger partial charge in [-0.15, -0.1) is 12.4 Å².